The van der Waals surface area contributed by atoms with E-state index in [0.29, 0.717) is 5.92 Å². The lowest BCUT2D eigenvalue weighted by atomic mass is 9.97. The number of para-hydroxylation sites is 2. The van der Waals surface area contributed by atoms with Crippen molar-refractivity contribution in [3.8, 4) is 5.82 Å². The van der Waals surface area contributed by atoms with Crippen LogP contribution in [0.3, 0.4) is 0 Å². The number of aromatic nitrogens is 3. The summed E-state index contributed by atoms with van der Waals surface area (Å²) >= 11 is 0. The predicted octanol–water partition coefficient (Wildman–Crippen LogP) is 12.8. The maximum Gasteiger partial charge on any atom is 0.196 e. The summed E-state index contributed by atoms with van der Waals surface area (Å²) in [5.41, 5.74) is 12.2. The van der Waals surface area contributed by atoms with Crippen molar-refractivity contribution in [3.05, 3.63) is 186 Å². The van der Waals surface area contributed by atoms with Gasteiger partial charge < -0.3 is 14.2 Å². The number of allylic oxidation sites excluding steroid dienone is 11. The van der Waals surface area contributed by atoms with Crippen molar-refractivity contribution in [1.29, 1.82) is 0 Å². The van der Waals surface area contributed by atoms with E-state index >= 15 is 0 Å². The Kier molecular flexibility index (Phi) is 10.2. The van der Waals surface area contributed by atoms with Crippen LogP contribution in [0.1, 0.15) is 62.1 Å². The van der Waals surface area contributed by atoms with Gasteiger partial charge >= 0.3 is 0 Å². The van der Waals surface area contributed by atoms with Gasteiger partial charge in [0.25, 0.3) is 0 Å². The van der Waals surface area contributed by atoms with Crippen molar-refractivity contribution in [2.45, 2.75) is 65.3 Å². The lowest BCUT2D eigenvalue weighted by Gasteiger charge is -2.34. The first-order valence-corrected chi connectivity index (χ1v) is 20.4. The van der Waals surface area contributed by atoms with Gasteiger partial charge in [-0.05, 0) is 111 Å². The summed E-state index contributed by atoms with van der Waals surface area (Å²) in [6.45, 7) is 6.83. The monoisotopic (exact) mass is 747 g/mol. The Morgan fingerprint density at radius 3 is 2.49 bits per heavy atom. The zero-order chi connectivity index (χ0) is 38.7. The van der Waals surface area contributed by atoms with E-state index in [4.69, 9.17) is 14.4 Å². The number of fused-ring (bicyclic) bond motifs is 4. The average Bonchev–Trinajstić information content (AvgIpc) is 3.43. The highest BCUT2D eigenvalue weighted by Gasteiger charge is 2.28. The van der Waals surface area contributed by atoms with E-state index in [1.807, 2.05) is 0 Å². The molecule has 6 heteroatoms. The third-order valence-electron chi connectivity index (χ3n) is 11.6. The largest absolute Gasteiger partial charge is 0.451 e. The van der Waals surface area contributed by atoms with Crippen molar-refractivity contribution >= 4 is 45.1 Å². The van der Waals surface area contributed by atoms with Crippen molar-refractivity contribution in [2.24, 2.45) is 5.92 Å². The van der Waals surface area contributed by atoms with Crippen LogP contribution in [-0.2, 0) is 12.8 Å². The second kappa shape index (κ2) is 16.0. The highest BCUT2D eigenvalue weighted by molar-refractivity contribution is 5.94. The zero-order valence-electron chi connectivity index (χ0n) is 33.1. The van der Waals surface area contributed by atoms with Gasteiger partial charge in [-0.1, -0.05) is 105 Å². The van der Waals surface area contributed by atoms with E-state index in [1.54, 1.807) is 6.33 Å². The Labute approximate surface area is 335 Å². The molecule has 9 rings (SSSR count). The van der Waals surface area contributed by atoms with Crippen LogP contribution in [0.4, 0.5) is 17.1 Å². The minimum absolute atomic E-state index is 0.171. The SMILES string of the molecule is CCC(Cc1c(C)n(-c2ncnc3c4c(oc23)C=CC(C)CC4)c2ccc(N(C3=CC=CC=CC3)c3ccccc3)cc12)N(C1=CCC=CC=C1)c1ccccc1. The molecule has 2 unspecified atom stereocenters. The second-order valence-electron chi connectivity index (χ2n) is 15.3. The van der Waals surface area contributed by atoms with Crippen LogP contribution in [0.2, 0.25) is 0 Å². The Morgan fingerprint density at radius 2 is 1.67 bits per heavy atom. The zero-order valence-corrected chi connectivity index (χ0v) is 33.1. The summed E-state index contributed by atoms with van der Waals surface area (Å²) in [4.78, 5) is 14.8. The lowest BCUT2D eigenvalue weighted by Crippen LogP contribution is -2.35. The number of rotatable bonds is 10. The molecule has 3 aromatic heterocycles. The highest BCUT2D eigenvalue weighted by atomic mass is 16.3. The Hall–Kier alpha value is -6.40. The van der Waals surface area contributed by atoms with Crippen LogP contribution in [0.25, 0.3) is 33.9 Å². The normalized spacial score (nSPS) is 16.9. The van der Waals surface area contributed by atoms with E-state index in [9.17, 15) is 0 Å². The second-order valence-corrected chi connectivity index (χ2v) is 15.3. The van der Waals surface area contributed by atoms with Crippen LogP contribution >= 0.6 is 0 Å². The third-order valence-corrected chi connectivity index (χ3v) is 11.6. The number of hydrogen-bond acceptors (Lipinski definition) is 5. The first-order chi connectivity index (χ1) is 28.1. The molecule has 0 spiro atoms. The Morgan fingerprint density at radius 1 is 0.860 bits per heavy atom. The summed E-state index contributed by atoms with van der Waals surface area (Å²) < 4.78 is 9.05. The van der Waals surface area contributed by atoms with Gasteiger partial charge in [0.1, 0.15) is 17.6 Å². The topological polar surface area (TPSA) is 50.3 Å². The smallest absolute Gasteiger partial charge is 0.196 e. The molecule has 284 valence electrons. The van der Waals surface area contributed by atoms with Crippen LogP contribution in [0.5, 0.6) is 0 Å². The molecule has 0 fully saturated rings. The fourth-order valence-corrected chi connectivity index (χ4v) is 8.71. The lowest BCUT2D eigenvalue weighted by molar-refractivity contribution is 0.592. The minimum atomic E-state index is 0.171. The van der Waals surface area contributed by atoms with Gasteiger partial charge in [-0.2, -0.15) is 0 Å². The molecule has 3 aliphatic rings. The molecule has 3 heterocycles. The number of nitrogens with zero attached hydrogens (tertiary/aromatic N) is 5. The third kappa shape index (κ3) is 7.01. The van der Waals surface area contributed by atoms with Gasteiger partial charge in [-0.25, -0.2) is 9.97 Å². The van der Waals surface area contributed by atoms with Gasteiger partial charge in [-0.3, -0.25) is 4.57 Å². The summed E-state index contributed by atoms with van der Waals surface area (Å²) in [5.74, 6) is 2.18. The van der Waals surface area contributed by atoms with E-state index < -0.39 is 0 Å². The molecule has 0 saturated carbocycles. The van der Waals surface area contributed by atoms with E-state index in [0.717, 1.165) is 83.8 Å². The number of benzene rings is 3. The van der Waals surface area contributed by atoms with Crippen molar-refractivity contribution in [3.63, 3.8) is 0 Å². The van der Waals surface area contributed by atoms with Crippen LogP contribution in [0, 0.1) is 12.8 Å². The molecule has 6 nitrogen and oxygen atoms in total. The molecule has 0 saturated heterocycles. The van der Waals surface area contributed by atoms with Gasteiger partial charge in [0, 0.05) is 57.6 Å². The minimum Gasteiger partial charge on any atom is -0.451 e. The van der Waals surface area contributed by atoms with Crippen LogP contribution in [0.15, 0.2) is 168 Å². The molecular formula is C51H49N5O. The molecule has 6 aromatic rings. The van der Waals surface area contributed by atoms with Gasteiger partial charge in [0.15, 0.2) is 11.4 Å². The van der Waals surface area contributed by atoms with Gasteiger partial charge in [0.2, 0.25) is 0 Å². The molecular weight excluding hydrogens is 699 g/mol. The molecule has 2 atom stereocenters. The highest BCUT2D eigenvalue weighted by Crippen LogP contribution is 2.41. The fraction of sp³-hybridized carbons (Fsp3) is 0.216. The predicted molar refractivity (Wildman–Crippen MR) is 237 cm³/mol. The number of aryl methyl sites for hydroxylation is 1. The Bertz CT molecular complexity index is 2630. The fourth-order valence-electron chi connectivity index (χ4n) is 8.71. The number of furan rings is 1. The molecule has 0 radical (unpaired) electrons. The first kappa shape index (κ1) is 36.3. The average molecular weight is 748 g/mol. The molecule has 0 amide bonds. The first-order valence-electron chi connectivity index (χ1n) is 20.4. The van der Waals surface area contributed by atoms with E-state index in [-0.39, 0.29) is 6.04 Å². The summed E-state index contributed by atoms with van der Waals surface area (Å²) in [7, 11) is 0. The molecule has 0 bridgehead atoms. The summed E-state index contributed by atoms with van der Waals surface area (Å²) in [6.07, 6.45) is 33.5. The van der Waals surface area contributed by atoms with Crippen LogP contribution in [-0.4, -0.2) is 20.6 Å². The van der Waals surface area contributed by atoms with Crippen LogP contribution < -0.4 is 9.80 Å². The van der Waals surface area contributed by atoms with Crippen molar-refractivity contribution in [2.75, 3.05) is 9.80 Å². The maximum absolute atomic E-state index is 6.73. The molecule has 0 aliphatic heterocycles. The van der Waals surface area contributed by atoms with E-state index in [2.05, 4.69) is 187 Å². The van der Waals surface area contributed by atoms with Gasteiger partial charge in [-0.15, -0.1) is 0 Å². The standard InChI is InChI=1S/C51H49N5O/c1-4-38(55(40-23-15-9-16-24-40)39-19-11-5-6-12-20-39)33-45-37(3)54(51-50-49(52-35-53-51)44-30-27-36(2)28-32-48(44)57-50)47-31-29-43(34-46(45)47)56(42-25-17-10-18-26-42)41-21-13-7-8-14-22-41/h5-11,13-21,23-26,28-29,31-32,34-36,38H,4,12,22,27,30,33H2,1-3H3. The molecule has 3 aromatic carbocycles. The molecule has 3 aliphatic carbocycles. The molecule has 0 N–H and O–H groups in total. The quantitative estimate of drug-likeness (QED) is 0.140. The van der Waals surface area contributed by atoms with E-state index in [1.165, 1.54) is 33.6 Å². The summed E-state index contributed by atoms with van der Waals surface area (Å²) in [5, 5.41) is 1.21. The maximum atomic E-state index is 6.73. The van der Waals surface area contributed by atoms with Crippen molar-refractivity contribution < 1.29 is 4.42 Å². The summed E-state index contributed by atoms with van der Waals surface area (Å²) in [6, 6.07) is 28.7. The Balaban J connectivity index is 1.26. The van der Waals surface area contributed by atoms with Gasteiger partial charge in [0.05, 0.1) is 5.52 Å². The number of hydrogen-bond donors (Lipinski definition) is 0. The van der Waals surface area contributed by atoms with Crippen molar-refractivity contribution in [1.82, 2.24) is 14.5 Å². The number of anilines is 3. The molecule has 57 heavy (non-hydrogen) atoms.